The number of nitrogens with zero attached hydrogens (tertiary/aromatic N) is 1. The summed E-state index contributed by atoms with van der Waals surface area (Å²) in [5.41, 5.74) is 6.65. The highest BCUT2D eigenvalue weighted by atomic mass is 16.3. The monoisotopic (exact) mass is 453 g/mol. The number of hydrogen-bond acceptors (Lipinski definition) is 3. The molecule has 4 atom stereocenters. The van der Waals surface area contributed by atoms with Crippen molar-refractivity contribution >= 4 is 22.5 Å². The molecule has 182 valence electrons. The van der Waals surface area contributed by atoms with E-state index >= 15 is 0 Å². The summed E-state index contributed by atoms with van der Waals surface area (Å²) in [6, 6.07) is 1.84. The molecule has 1 aliphatic carbocycles. The Morgan fingerprint density at radius 1 is 1.21 bits per heavy atom. The maximum Gasteiger partial charge on any atom is 0.243 e. The number of amides is 1. The van der Waals surface area contributed by atoms with Gasteiger partial charge in [0.1, 0.15) is 6.04 Å². The van der Waals surface area contributed by atoms with Gasteiger partial charge in [0.25, 0.3) is 0 Å². The maximum atomic E-state index is 13.3. The van der Waals surface area contributed by atoms with Gasteiger partial charge in [0, 0.05) is 24.3 Å². The van der Waals surface area contributed by atoms with Crippen LogP contribution in [0.15, 0.2) is 12.3 Å². The summed E-state index contributed by atoms with van der Waals surface area (Å²) >= 11 is 0. The zero-order chi connectivity index (χ0) is 24.3. The Labute approximate surface area is 199 Å². The zero-order valence-corrected chi connectivity index (χ0v) is 21.8. The summed E-state index contributed by atoms with van der Waals surface area (Å²) in [7, 11) is 2.07. The van der Waals surface area contributed by atoms with E-state index in [2.05, 4.69) is 83.0 Å². The number of anilines is 1. The maximum absolute atomic E-state index is 13.3. The van der Waals surface area contributed by atoms with Crippen LogP contribution in [0.5, 0.6) is 0 Å². The lowest BCUT2D eigenvalue weighted by atomic mass is 9.57. The number of fused-ring (bicyclic) bond motifs is 2. The van der Waals surface area contributed by atoms with Crippen molar-refractivity contribution in [2.24, 2.45) is 11.8 Å². The van der Waals surface area contributed by atoms with Crippen molar-refractivity contribution in [1.29, 1.82) is 0 Å². The molecule has 0 spiro atoms. The summed E-state index contributed by atoms with van der Waals surface area (Å²) < 4.78 is 0. The molecule has 2 aromatic rings. The number of aromatic nitrogens is 1. The fraction of sp³-hybridized carbons (Fsp3) is 0.679. The summed E-state index contributed by atoms with van der Waals surface area (Å²) in [5, 5.41) is 14.4. The molecule has 5 nitrogen and oxygen atoms in total. The van der Waals surface area contributed by atoms with Crippen LogP contribution in [0.2, 0.25) is 0 Å². The number of nitrogens with one attached hydrogen (secondary N) is 2. The van der Waals surface area contributed by atoms with Gasteiger partial charge in [-0.25, -0.2) is 0 Å². The van der Waals surface area contributed by atoms with Crippen molar-refractivity contribution in [1.82, 2.24) is 10.3 Å². The number of benzene rings is 1. The second-order valence-corrected chi connectivity index (χ2v) is 11.8. The van der Waals surface area contributed by atoms with Crippen LogP contribution in [-0.4, -0.2) is 41.7 Å². The molecule has 3 N–H and O–H groups in total. The molecule has 1 aliphatic heterocycles. The largest absolute Gasteiger partial charge is 0.394 e. The minimum atomic E-state index is -0.299. The number of carbonyl (C=O) groups is 1. The molecular weight excluding hydrogens is 410 g/mol. The van der Waals surface area contributed by atoms with E-state index in [0.717, 1.165) is 12.1 Å². The SMILES string of the molecule is CC[C@@]1(C)CC[C@](C)(C(C)C)c2cc3c4c(c[nH]c4c21)C[C@@H](CO)NC(=O)[C@H](C(C)C)N3C. The molecule has 0 radical (unpaired) electrons. The topological polar surface area (TPSA) is 68.4 Å². The van der Waals surface area contributed by atoms with Crippen LogP contribution >= 0.6 is 0 Å². The summed E-state index contributed by atoms with van der Waals surface area (Å²) in [5.74, 6) is 0.649. The third-order valence-electron chi connectivity index (χ3n) is 9.22. The Balaban J connectivity index is 2.10. The third kappa shape index (κ3) is 3.58. The van der Waals surface area contributed by atoms with Gasteiger partial charge < -0.3 is 20.3 Å². The molecule has 4 rings (SSSR count). The highest BCUT2D eigenvalue weighted by Crippen LogP contribution is 2.54. The Kier molecular flexibility index (Phi) is 6.09. The second-order valence-electron chi connectivity index (χ2n) is 11.8. The first-order valence-electron chi connectivity index (χ1n) is 12.8. The van der Waals surface area contributed by atoms with E-state index < -0.39 is 0 Å². The minimum absolute atomic E-state index is 0.00317. The molecule has 0 bridgehead atoms. The van der Waals surface area contributed by atoms with Crippen molar-refractivity contribution in [2.45, 2.75) is 97.1 Å². The number of carbonyl (C=O) groups excluding carboxylic acids is 1. The van der Waals surface area contributed by atoms with Gasteiger partial charge in [-0.05, 0) is 71.1 Å². The molecule has 1 aromatic carbocycles. The van der Waals surface area contributed by atoms with E-state index in [1.807, 2.05) is 0 Å². The predicted octanol–water partition coefficient (Wildman–Crippen LogP) is 5.04. The first-order chi connectivity index (χ1) is 15.5. The molecule has 0 saturated heterocycles. The Morgan fingerprint density at radius 3 is 2.48 bits per heavy atom. The minimum Gasteiger partial charge on any atom is -0.394 e. The van der Waals surface area contributed by atoms with Crippen LogP contribution in [0.25, 0.3) is 10.9 Å². The van der Waals surface area contributed by atoms with Gasteiger partial charge in [0.2, 0.25) is 5.91 Å². The van der Waals surface area contributed by atoms with Gasteiger partial charge in [0.15, 0.2) is 0 Å². The average Bonchev–Trinajstić information content (AvgIpc) is 3.18. The van der Waals surface area contributed by atoms with Crippen LogP contribution < -0.4 is 10.2 Å². The normalized spacial score (nSPS) is 30.3. The van der Waals surface area contributed by atoms with Crippen LogP contribution in [0.3, 0.4) is 0 Å². The summed E-state index contributed by atoms with van der Waals surface area (Å²) in [6.45, 7) is 16.0. The number of likely N-dealkylation sites (N-methyl/N-ethyl adjacent to an activating group) is 1. The van der Waals surface area contributed by atoms with Crippen molar-refractivity contribution < 1.29 is 9.90 Å². The lowest BCUT2D eigenvalue weighted by Gasteiger charge is -2.48. The van der Waals surface area contributed by atoms with E-state index in [-0.39, 0.29) is 41.3 Å². The molecule has 2 aliphatic rings. The Morgan fingerprint density at radius 2 is 1.91 bits per heavy atom. The molecule has 5 heteroatoms. The van der Waals surface area contributed by atoms with Crippen LogP contribution in [-0.2, 0) is 22.0 Å². The van der Waals surface area contributed by atoms with Crippen LogP contribution in [0.1, 0.15) is 84.4 Å². The average molecular weight is 454 g/mol. The van der Waals surface area contributed by atoms with E-state index in [0.29, 0.717) is 12.3 Å². The van der Waals surface area contributed by atoms with Gasteiger partial charge in [0.05, 0.1) is 18.2 Å². The van der Waals surface area contributed by atoms with E-state index in [1.165, 1.54) is 40.4 Å². The lowest BCUT2D eigenvalue weighted by Crippen LogP contribution is -2.52. The Hall–Kier alpha value is -2.01. The van der Waals surface area contributed by atoms with Crippen LogP contribution in [0, 0.1) is 11.8 Å². The fourth-order valence-electron chi connectivity index (χ4n) is 6.42. The fourth-order valence-corrected chi connectivity index (χ4v) is 6.42. The van der Waals surface area contributed by atoms with Gasteiger partial charge in [-0.1, -0.05) is 48.5 Å². The highest BCUT2D eigenvalue weighted by molar-refractivity contribution is 6.01. The number of hydrogen-bond donors (Lipinski definition) is 3. The van der Waals surface area contributed by atoms with Crippen molar-refractivity contribution in [3.05, 3.63) is 29.0 Å². The van der Waals surface area contributed by atoms with Crippen molar-refractivity contribution in [3.63, 3.8) is 0 Å². The molecule has 33 heavy (non-hydrogen) atoms. The van der Waals surface area contributed by atoms with Gasteiger partial charge >= 0.3 is 0 Å². The predicted molar refractivity (Wildman–Crippen MR) is 137 cm³/mol. The first kappa shape index (κ1) is 24.1. The molecular formula is C28H43N3O2. The molecule has 1 amide bonds. The van der Waals surface area contributed by atoms with E-state index in [4.69, 9.17) is 0 Å². The molecule has 1 aromatic heterocycles. The van der Waals surface area contributed by atoms with Crippen molar-refractivity contribution in [2.75, 3.05) is 18.6 Å². The summed E-state index contributed by atoms with van der Waals surface area (Å²) in [6.07, 6.45) is 6.19. The standard InChI is InChI=1S/C28H43N3O2/c1-9-27(6)10-11-28(7,17(4)5)20-13-21-22-18(14-29-24(22)23(20)27)12-19(15-32)30-26(33)25(16(2)3)31(21)8/h13-14,16-17,19,25,29,32H,9-12,15H2,1-8H3,(H,30,33)/t19-,25-,27-,28+/m0/s1. The number of rotatable bonds is 4. The number of aromatic amines is 1. The van der Waals surface area contributed by atoms with E-state index in [9.17, 15) is 9.90 Å². The summed E-state index contributed by atoms with van der Waals surface area (Å²) in [4.78, 5) is 19.2. The number of aliphatic hydroxyl groups is 1. The molecule has 2 heterocycles. The zero-order valence-electron chi connectivity index (χ0n) is 21.8. The van der Waals surface area contributed by atoms with Gasteiger partial charge in [-0.3, -0.25) is 4.79 Å². The smallest absolute Gasteiger partial charge is 0.243 e. The van der Waals surface area contributed by atoms with Gasteiger partial charge in [-0.15, -0.1) is 0 Å². The quantitative estimate of drug-likeness (QED) is 0.608. The van der Waals surface area contributed by atoms with E-state index in [1.54, 1.807) is 0 Å². The lowest BCUT2D eigenvalue weighted by molar-refractivity contribution is -0.124. The van der Waals surface area contributed by atoms with Crippen LogP contribution in [0.4, 0.5) is 5.69 Å². The Bertz CT molecular complexity index is 1060. The van der Waals surface area contributed by atoms with Gasteiger partial charge in [-0.2, -0.15) is 0 Å². The molecule has 0 saturated carbocycles. The van der Waals surface area contributed by atoms with Crippen molar-refractivity contribution in [3.8, 4) is 0 Å². The first-order valence-corrected chi connectivity index (χ1v) is 12.8. The number of H-pyrrole nitrogens is 1. The highest BCUT2D eigenvalue weighted by Gasteiger charge is 2.45. The molecule has 0 fully saturated rings. The second kappa shape index (κ2) is 8.33. The third-order valence-corrected chi connectivity index (χ3v) is 9.22. The number of aliphatic hydroxyl groups excluding tert-OH is 1. The molecule has 0 unspecified atom stereocenters.